The maximum atomic E-state index is 13.8. The Morgan fingerprint density at radius 1 is 1.05 bits per heavy atom. The van der Waals surface area contributed by atoms with E-state index < -0.39 is 32.2 Å². The van der Waals surface area contributed by atoms with Crippen molar-refractivity contribution < 1.29 is 37.4 Å². The van der Waals surface area contributed by atoms with Gasteiger partial charge in [0, 0.05) is 26.8 Å². The minimum Gasteiger partial charge on any atom is -0.497 e. The van der Waals surface area contributed by atoms with E-state index in [4.69, 9.17) is 9.47 Å². The minimum atomic E-state index is -3.01. The number of rotatable bonds is 11. The molecule has 2 aliphatic heterocycles. The van der Waals surface area contributed by atoms with E-state index in [1.54, 1.807) is 18.2 Å². The lowest BCUT2D eigenvalue weighted by Crippen LogP contribution is -2.53. The molecule has 204 valence electrons. The van der Waals surface area contributed by atoms with Crippen molar-refractivity contribution in [1.29, 1.82) is 0 Å². The number of hydrogen-bond donors (Lipinski definition) is 1. The van der Waals surface area contributed by atoms with E-state index in [9.17, 15) is 23.2 Å². The van der Waals surface area contributed by atoms with Gasteiger partial charge in [-0.2, -0.15) is 8.78 Å². The second-order valence-electron chi connectivity index (χ2n) is 10.5. The highest BCUT2D eigenvalue weighted by atomic mass is 28.3. The molecule has 0 unspecified atom stereocenters. The van der Waals surface area contributed by atoms with Gasteiger partial charge in [0.05, 0.1) is 13.7 Å². The summed E-state index contributed by atoms with van der Waals surface area (Å²) in [6.45, 7) is 3.78. The third-order valence-corrected chi connectivity index (χ3v) is 8.29. The number of imide groups is 1. The number of nitrogens with zero attached hydrogens (tertiary/aromatic N) is 2. The van der Waals surface area contributed by atoms with Crippen molar-refractivity contribution in [3.63, 3.8) is 0 Å². The van der Waals surface area contributed by atoms with Crippen molar-refractivity contribution in [3.05, 3.63) is 59.2 Å². The van der Waals surface area contributed by atoms with Gasteiger partial charge in [0.1, 0.15) is 18.2 Å². The summed E-state index contributed by atoms with van der Waals surface area (Å²) in [6, 6.07) is 10.8. The predicted molar refractivity (Wildman–Crippen MR) is 137 cm³/mol. The van der Waals surface area contributed by atoms with E-state index in [2.05, 4.69) is 29.7 Å². The molecule has 4 amide bonds. The maximum Gasteiger partial charge on any atom is 0.387 e. The average Bonchev–Trinajstić information content (AvgIpc) is 3.29. The van der Waals surface area contributed by atoms with Crippen LogP contribution in [-0.2, 0) is 21.6 Å². The lowest BCUT2D eigenvalue weighted by Gasteiger charge is -2.32. The Kier molecular flexibility index (Phi) is 7.74. The first-order valence-corrected chi connectivity index (χ1v) is 15.9. The van der Waals surface area contributed by atoms with Crippen molar-refractivity contribution in [2.24, 2.45) is 0 Å². The molecule has 1 N–H and O–H groups in total. The lowest BCUT2D eigenvalue weighted by atomic mass is 9.89. The largest absolute Gasteiger partial charge is 0.497 e. The van der Waals surface area contributed by atoms with Crippen molar-refractivity contribution in [3.8, 4) is 11.5 Å². The van der Waals surface area contributed by atoms with Crippen LogP contribution in [0.25, 0.3) is 0 Å². The van der Waals surface area contributed by atoms with Crippen molar-refractivity contribution in [2.75, 3.05) is 27.0 Å². The quantitative estimate of drug-likeness (QED) is 0.259. The molecule has 1 saturated heterocycles. The van der Waals surface area contributed by atoms with Crippen LogP contribution < -0.4 is 14.8 Å². The van der Waals surface area contributed by atoms with Crippen molar-refractivity contribution in [2.45, 2.75) is 44.4 Å². The van der Waals surface area contributed by atoms with Crippen LogP contribution in [0.1, 0.15) is 21.5 Å². The van der Waals surface area contributed by atoms with Gasteiger partial charge in [0.2, 0.25) is 0 Å². The second kappa shape index (κ2) is 10.7. The zero-order valence-electron chi connectivity index (χ0n) is 21.8. The van der Waals surface area contributed by atoms with Crippen LogP contribution in [-0.4, -0.2) is 69.3 Å². The molecule has 2 heterocycles. The number of urea groups is 1. The van der Waals surface area contributed by atoms with Gasteiger partial charge < -0.3 is 24.4 Å². The number of nitrogens with one attached hydrogen (secondary N) is 1. The van der Waals surface area contributed by atoms with Gasteiger partial charge in [-0.05, 0) is 41.4 Å². The molecule has 12 heteroatoms. The number of fused-ring (bicyclic) bond motifs is 1. The fourth-order valence-electron chi connectivity index (χ4n) is 4.47. The molecule has 38 heavy (non-hydrogen) atoms. The van der Waals surface area contributed by atoms with E-state index in [1.807, 2.05) is 0 Å². The Morgan fingerprint density at radius 2 is 1.74 bits per heavy atom. The first-order chi connectivity index (χ1) is 17.9. The molecule has 9 nitrogen and oxygen atoms in total. The van der Waals surface area contributed by atoms with E-state index in [1.165, 1.54) is 36.3 Å². The van der Waals surface area contributed by atoms with E-state index in [-0.39, 0.29) is 31.5 Å². The van der Waals surface area contributed by atoms with E-state index >= 15 is 0 Å². The number of amides is 4. The summed E-state index contributed by atoms with van der Waals surface area (Å²) in [4.78, 5) is 42.6. The topological polar surface area (TPSA) is 97.4 Å². The number of methoxy groups -OCH3 is 1. The van der Waals surface area contributed by atoms with Crippen LogP contribution in [0.3, 0.4) is 0 Å². The van der Waals surface area contributed by atoms with Gasteiger partial charge in [-0.25, -0.2) is 9.69 Å². The van der Waals surface area contributed by atoms with Gasteiger partial charge in [-0.3, -0.25) is 9.59 Å². The third kappa shape index (κ3) is 5.65. The zero-order chi connectivity index (χ0) is 27.7. The molecule has 2 aromatic carbocycles. The Balaban J connectivity index is 1.62. The Hall–Kier alpha value is -3.51. The summed E-state index contributed by atoms with van der Waals surface area (Å²) < 4.78 is 40.7. The predicted octanol–water partition coefficient (Wildman–Crippen LogP) is 4.01. The molecule has 0 radical (unpaired) electrons. The highest BCUT2D eigenvalue weighted by Gasteiger charge is 2.54. The second-order valence-corrected chi connectivity index (χ2v) is 16.1. The molecule has 0 bridgehead atoms. The lowest BCUT2D eigenvalue weighted by molar-refractivity contribution is -0.135. The van der Waals surface area contributed by atoms with Gasteiger partial charge >= 0.3 is 12.6 Å². The number of carbonyl (C=O) groups excluding carboxylic acids is 3. The summed E-state index contributed by atoms with van der Waals surface area (Å²) in [6.07, 6.45) is 0. The number of alkyl halides is 2. The normalized spacial score (nSPS) is 19.3. The molecule has 0 spiro atoms. The number of ether oxygens (including phenoxy) is 3. The zero-order valence-corrected chi connectivity index (χ0v) is 22.8. The summed E-state index contributed by atoms with van der Waals surface area (Å²) in [5.41, 5.74) is -0.119. The summed E-state index contributed by atoms with van der Waals surface area (Å²) in [5, 5.41) is 2.76. The summed E-state index contributed by atoms with van der Waals surface area (Å²) in [5.74, 6) is -0.490. The Labute approximate surface area is 220 Å². The highest BCUT2D eigenvalue weighted by Crippen LogP contribution is 2.35. The average molecular weight is 548 g/mol. The summed E-state index contributed by atoms with van der Waals surface area (Å²) >= 11 is 0. The number of carbonyl (C=O) groups is 3. The molecule has 1 atom stereocenters. The first-order valence-electron chi connectivity index (χ1n) is 12.2. The fourth-order valence-corrected chi connectivity index (χ4v) is 5.23. The molecule has 0 aliphatic carbocycles. The van der Waals surface area contributed by atoms with Gasteiger partial charge in [0.25, 0.3) is 11.8 Å². The van der Waals surface area contributed by atoms with Crippen molar-refractivity contribution >= 4 is 25.9 Å². The maximum absolute atomic E-state index is 13.8. The smallest absolute Gasteiger partial charge is 0.387 e. The molecule has 0 aromatic heterocycles. The minimum absolute atomic E-state index is 0.0982. The Morgan fingerprint density at radius 3 is 2.37 bits per heavy atom. The van der Waals surface area contributed by atoms with Crippen LogP contribution in [0.5, 0.6) is 11.5 Å². The fraction of sp³-hybridized carbons (Fsp3) is 0.423. The van der Waals surface area contributed by atoms with E-state index in [0.717, 1.165) is 16.5 Å². The van der Waals surface area contributed by atoms with Gasteiger partial charge in [-0.15, -0.1) is 0 Å². The molecular weight excluding hydrogens is 516 g/mol. The van der Waals surface area contributed by atoms with Crippen LogP contribution in [0.4, 0.5) is 13.6 Å². The van der Waals surface area contributed by atoms with Gasteiger partial charge in [0.15, 0.2) is 5.54 Å². The monoisotopic (exact) mass is 547 g/mol. The van der Waals surface area contributed by atoms with Gasteiger partial charge in [-0.1, -0.05) is 37.8 Å². The first kappa shape index (κ1) is 27.5. The standard InChI is InChI=1S/C26H31F2N3O6Si/c1-35-20-8-5-17-14-30(22(32)21(17)13-20)15-26(18-6-9-19(10-7-18)37-24(27)28)23(33)31(25(34)29-26)16-36-11-12-38(2,3)4/h5-10,13,24H,11-12,14-16H2,1-4H3,(H,29,34)/t26-/m0/s1. The Bertz CT molecular complexity index is 1220. The molecule has 2 aromatic rings. The number of halogens is 2. The van der Waals surface area contributed by atoms with Crippen LogP contribution >= 0.6 is 0 Å². The van der Waals surface area contributed by atoms with Crippen molar-refractivity contribution in [1.82, 2.24) is 15.1 Å². The highest BCUT2D eigenvalue weighted by molar-refractivity contribution is 6.76. The van der Waals surface area contributed by atoms with Crippen LogP contribution in [0, 0.1) is 0 Å². The molecule has 1 fully saturated rings. The van der Waals surface area contributed by atoms with E-state index in [0.29, 0.717) is 23.5 Å². The molecule has 2 aliphatic rings. The number of hydrogen-bond acceptors (Lipinski definition) is 6. The third-order valence-electron chi connectivity index (χ3n) is 6.59. The molecular formula is C26H31F2N3O6Si. The molecule has 4 rings (SSSR count). The molecule has 0 saturated carbocycles. The van der Waals surface area contributed by atoms with Crippen LogP contribution in [0.2, 0.25) is 25.7 Å². The SMILES string of the molecule is COc1ccc2c(c1)C(=O)N(C[C@@]1(c3ccc(OC(F)F)cc3)NC(=O)N(COCC[Si](C)(C)C)C1=O)C2. The van der Waals surface area contributed by atoms with Crippen LogP contribution in [0.15, 0.2) is 42.5 Å². The summed E-state index contributed by atoms with van der Waals surface area (Å²) in [7, 11) is 0.118. The number of benzene rings is 2.